The van der Waals surface area contributed by atoms with E-state index >= 15 is 0 Å². The molecule has 1 heterocycles. The fourth-order valence-corrected chi connectivity index (χ4v) is 2.46. The van der Waals surface area contributed by atoms with E-state index in [1.165, 1.54) is 0 Å². The van der Waals surface area contributed by atoms with Crippen LogP contribution in [0.3, 0.4) is 0 Å². The Balaban J connectivity index is 1.81. The molecular weight excluding hydrogens is 260 g/mol. The fraction of sp³-hybridized carbons (Fsp3) is 0.615. The summed E-state index contributed by atoms with van der Waals surface area (Å²) in [5.74, 6) is -0.809. The smallest absolute Gasteiger partial charge is 0.319 e. The zero-order chi connectivity index (χ0) is 14.6. The molecule has 1 aromatic rings. The van der Waals surface area contributed by atoms with Gasteiger partial charge in [-0.1, -0.05) is 6.42 Å². The van der Waals surface area contributed by atoms with Gasteiger partial charge in [-0.3, -0.25) is 9.48 Å². The number of nitrogens with one attached hydrogen (secondary N) is 2. The van der Waals surface area contributed by atoms with Crippen LogP contribution < -0.4 is 10.6 Å². The lowest BCUT2D eigenvalue weighted by Crippen LogP contribution is -2.44. The number of carboxylic acids is 1. The largest absolute Gasteiger partial charge is 0.481 e. The van der Waals surface area contributed by atoms with Gasteiger partial charge in [-0.2, -0.15) is 5.10 Å². The number of aliphatic carboxylic acids is 1. The molecular formula is C13H20N4O3. The molecule has 0 bridgehead atoms. The van der Waals surface area contributed by atoms with Gasteiger partial charge in [0.05, 0.1) is 18.3 Å². The highest BCUT2D eigenvalue weighted by Crippen LogP contribution is 2.43. The Bertz CT molecular complexity index is 494. The third-order valence-electron chi connectivity index (χ3n) is 3.78. The minimum absolute atomic E-state index is 0.112. The van der Waals surface area contributed by atoms with Crippen molar-refractivity contribution >= 4 is 17.7 Å². The normalized spacial score (nSPS) is 16.2. The van der Waals surface area contributed by atoms with Crippen LogP contribution in [0.25, 0.3) is 0 Å². The van der Waals surface area contributed by atoms with Crippen molar-refractivity contribution in [3.63, 3.8) is 0 Å². The topological polar surface area (TPSA) is 96.2 Å². The lowest BCUT2D eigenvalue weighted by atomic mass is 9.66. The monoisotopic (exact) mass is 280 g/mol. The Morgan fingerprint density at radius 2 is 2.25 bits per heavy atom. The van der Waals surface area contributed by atoms with Crippen molar-refractivity contribution in [1.82, 2.24) is 15.1 Å². The van der Waals surface area contributed by atoms with Crippen LogP contribution in [0.1, 0.15) is 32.6 Å². The molecule has 7 heteroatoms. The van der Waals surface area contributed by atoms with Crippen molar-refractivity contribution in [2.75, 3.05) is 11.9 Å². The molecule has 3 N–H and O–H groups in total. The Morgan fingerprint density at radius 1 is 1.50 bits per heavy atom. The zero-order valence-corrected chi connectivity index (χ0v) is 11.6. The third-order valence-corrected chi connectivity index (χ3v) is 3.78. The Hall–Kier alpha value is -2.05. The van der Waals surface area contributed by atoms with Gasteiger partial charge in [0.2, 0.25) is 0 Å². The first-order chi connectivity index (χ1) is 9.53. The Labute approximate surface area is 117 Å². The van der Waals surface area contributed by atoms with E-state index in [2.05, 4.69) is 15.7 Å². The first-order valence-corrected chi connectivity index (χ1v) is 6.82. The lowest BCUT2D eigenvalue weighted by Gasteiger charge is -2.40. The lowest BCUT2D eigenvalue weighted by molar-refractivity contribution is -0.141. The second kappa shape index (κ2) is 5.94. The van der Waals surface area contributed by atoms with Crippen LogP contribution in [0.15, 0.2) is 12.4 Å². The molecule has 1 aromatic heterocycles. The second-order valence-electron chi connectivity index (χ2n) is 5.32. The van der Waals surface area contributed by atoms with Crippen LogP contribution in [-0.2, 0) is 11.3 Å². The highest BCUT2D eigenvalue weighted by Gasteiger charge is 2.39. The minimum Gasteiger partial charge on any atom is -0.481 e. The predicted molar refractivity (Wildman–Crippen MR) is 73.5 cm³/mol. The van der Waals surface area contributed by atoms with E-state index in [1.807, 2.05) is 6.92 Å². The van der Waals surface area contributed by atoms with Crippen molar-refractivity contribution in [3.8, 4) is 0 Å². The van der Waals surface area contributed by atoms with Crippen molar-refractivity contribution in [3.05, 3.63) is 12.4 Å². The standard InChI is InChI=1S/C13H20N4O3/c1-2-17-8-10(7-15-17)16-12(20)14-9-13(4-3-5-13)6-11(18)19/h7-8H,2-6,9H2,1H3,(H,18,19)(H2,14,16,20). The summed E-state index contributed by atoms with van der Waals surface area (Å²) in [4.78, 5) is 22.6. The van der Waals surface area contributed by atoms with E-state index in [1.54, 1.807) is 17.1 Å². The third kappa shape index (κ3) is 3.49. The maximum atomic E-state index is 11.8. The molecule has 7 nitrogen and oxygen atoms in total. The summed E-state index contributed by atoms with van der Waals surface area (Å²) in [6, 6.07) is -0.322. The van der Waals surface area contributed by atoms with Crippen molar-refractivity contribution in [2.24, 2.45) is 5.41 Å². The summed E-state index contributed by atoms with van der Waals surface area (Å²) in [7, 11) is 0. The number of urea groups is 1. The van der Waals surface area contributed by atoms with Gasteiger partial charge < -0.3 is 15.7 Å². The molecule has 0 radical (unpaired) electrons. The molecule has 0 aliphatic heterocycles. The number of carbonyl (C=O) groups excluding carboxylic acids is 1. The van der Waals surface area contributed by atoms with Crippen LogP contribution in [0.2, 0.25) is 0 Å². The van der Waals surface area contributed by atoms with Gasteiger partial charge in [0.25, 0.3) is 0 Å². The molecule has 0 spiro atoms. The average Bonchev–Trinajstić information content (AvgIpc) is 2.79. The quantitative estimate of drug-likeness (QED) is 0.738. The average molecular weight is 280 g/mol. The first-order valence-electron chi connectivity index (χ1n) is 6.82. The summed E-state index contributed by atoms with van der Waals surface area (Å²) in [5.41, 5.74) is 0.363. The molecule has 1 aliphatic carbocycles. The first kappa shape index (κ1) is 14.4. The molecule has 1 aliphatic rings. The van der Waals surface area contributed by atoms with E-state index in [0.717, 1.165) is 25.8 Å². The van der Waals surface area contributed by atoms with Crippen LogP contribution in [0, 0.1) is 5.41 Å². The number of carboxylic acid groups (broad SMARTS) is 1. The van der Waals surface area contributed by atoms with Crippen LogP contribution in [-0.4, -0.2) is 33.4 Å². The summed E-state index contributed by atoms with van der Waals surface area (Å²) in [5, 5.41) is 18.4. The fourth-order valence-electron chi connectivity index (χ4n) is 2.46. The number of nitrogens with zero attached hydrogens (tertiary/aromatic N) is 2. The highest BCUT2D eigenvalue weighted by atomic mass is 16.4. The summed E-state index contributed by atoms with van der Waals surface area (Å²) in [6.07, 6.45) is 6.18. The molecule has 1 saturated carbocycles. The highest BCUT2D eigenvalue weighted by molar-refractivity contribution is 5.88. The summed E-state index contributed by atoms with van der Waals surface area (Å²) >= 11 is 0. The van der Waals surface area contributed by atoms with Crippen molar-refractivity contribution < 1.29 is 14.7 Å². The van der Waals surface area contributed by atoms with Crippen LogP contribution in [0.4, 0.5) is 10.5 Å². The van der Waals surface area contributed by atoms with Crippen LogP contribution in [0.5, 0.6) is 0 Å². The molecule has 2 rings (SSSR count). The number of amides is 2. The van der Waals surface area contributed by atoms with E-state index in [9.17, 15) is 9.59 Å². The predicted octanol–water partition coefficient (Wildman–Crippen LogP) is 1.67. The molecule has 0 saturated heterocycles. The maximum Gasteiger partial charge on any atom is 0.319 e. The molecule has 1 fully saturated rings. The van der Waals surface area contributed by atoms with Gasteiger partial charge >= 0.3 is 12.0 Å². The Kier molecular flexibility index (Phi) is 4.26. The van der Waals surface area contributed by atoms with E-state index in [-0.39, 0.29) is 17.9 Å². The Morgan fingerprint density at radius 3 is 2.75 bits per heavy atom. The minimum atomic E-state index is -0.809. The number of aromatic nitrogens is 2. The number of hydrogen-bond acceptors (Lipinski definition) is 3. The number of aryl methyl sites for hydroxylation is 1. The number of rotatable bonds is 6. The zero-order valence-electron chi connectivity index (χ0n) is 11.6. The van der Waals surface area contributed by atoms with Gasteiger partial charge in [-0.05, 0) is 25.2 Å². The summed E-state index contributed by atoms with van der Waals surface area (Å²) in [6.45, 7) is 3.10. The van der Waals surface area contributed by atoms with Gasteiger partial charge in [-0.15, -0.1) is 0 Å². The van der Waals surface area contributed by atoms with E-state index in [0.29, 0.717) is 12.2 Å². The molecule has 0 unspecified atom stereocenters. The number of carbonyl (C=O) groups is 2. The van der Waals surface area contributed by atoms with Crippen molar-refractivity contribution in [1.29, 1.82) is 0 Å². The number of hydrogen-bond donors (Lipinski definition) is 3. The molecule has 110 valence electrons. The molecule has 2 amide bonds. The van der Waals surface area contributed by atoms with Gasteiger partial charge in [-0.25, -0.2) is 4.79 Å². The number of anilines is 1. The maximum absolute atomic E-state index is 11.8. The molecule has 20 heavy (non-hydrogen) atoms. The van der Waals surface area contributed by atoms with Gasteiger partial charge in [0.15, 0.2) is 0 Å². The van der Waals surface area contributed by atoms with Crippen LogP contribution >= 0.6 is 0 Å². The van der Waals surface area contributed by atoms with E-state index < -0.39 is 5.97 Å². The SMILES string of the molecule is CCn1cc(NC(=O)NCC2(CC(=O)O)CCC2)cn1. The second-order valence-corrected chi connectivity index (χ2v) is 5.32. The van der Waals surface area contributed by atoms with Crippen molar-refractivity contribution in [2.45, 2.75) is 39.2 Å². The molecule has 0 atom stereocenters. The van der Waals surface area contributed by atoms with E-state index in [4.69, 9.17) is 5.11 Å². The molecule has 0 aromatic carbocycles. The van der Waals surface area contributed by atoms with Gasteiger partial charge in [0.1, 0.15) is 0 Å². The summed E-state index contributed by atoms with van der Waals surface area (Å²) < 4.78 is 1.72. The van der Waals surface area contributed by atoms with Gasteiger partial charge in [0, 0.05) is 19.3 Å².